The molecular weight excluding hydrogens is 212 g/mol. The van der Waals surface area contributed by atoms with Crippen LogP contribution in [-0.2, 0) is 6.54 Å². The van der Waals surface area contributed by atoms with Crippen molar-refractivity contribution in [1.82, 2.24) is 14.5 Å². The summed E-state index contributed by atoms with van der Waals surface area (Å²) in [6, 6.07) is 0.592. The Labute approximate surface area is 105 Å². The van der Waals surface area contributed by atoms with Crippen LogP contribution in [0.1, 0.15) is 32.9 Å². The lowest BCUT2D eigenvalue weighted by Gasteiger charge is -2.21. The van der Waals surface area contributed by atoms with Crippen molar-refractivity contribution in [3.63, 3.8) is 0 Å². The van der Waals surface area contributed by atoms with E-state index in [4.69, 9.17) is 0 Å². The minimum atomic E-state index is 0.592. The molecule has 0 unspecified atom stereocenters. The highest BCUT2D eigenvalue weighted by molar-refractivity contribution is 5.28. The van der Waals surface area contributed by atoms with Crippen LogP contribution in [0.3, 0.4) is 0 Å². The molecule has 0 radical (unpaired) electrons. The van der Waals surface area contributed by atoms with E-state index in [0.29, 0.717) is 6.04 Å². The van der Waals surface area contributed by atoms with Gasteiger partial charge in [-0.3, -0.25) is 0 Å². The van der Waals surface area contributed by atoms with Gasteiger partial charge in [0.25, 0.3) is 0 Å². The monoisotopic (exact) mass is 238 g/mol. The normalized spacial score (nSPS) is 11.5. The molecule has 1 aromatic rings. The molecule has 0 aliphatic carbocycles. The van der Waals surface area contributed by atoms with Crippen LogP contribution >= 0.6 is 0 Å². The fraction of sp³-hybridized carbons (Fsp3) is 0.769. The summed E-state index contributed by atoms with van der Waals surface area (Å²) in [5.74, 6) is 1.00. The Bertz CT molecular complexity index is 330. The summed E-state index contributed by atoms with van der Waals surface area (Å²) in [5.41, 5.74) is 1.08. The number of imidazole rings is 1. The van der Waals surface area contributed by atoms with Crippen molar-refractivity contribution in [2.75, 3.05) is 25.5 Å². The van der Waals surface area contributed by atoms with Gasteiger partial charge in [0.05, 0.1) is 5.69 Å². The van der Waals surface area contributed by atoms with Crippen molar-refractivity contribution in [2.45, 2.75) is 46.7 Å². The fourth-order valence-corrected chi connectivity index (χ4v) is 1.70. The van der Waals surface area contributed by atoms with Crippen molar-refractivity contribution in [3.8, 4) is 0 Å². The van der Waals surface area contributed by atoms with Gasteiger partial charge in [-0.2, -0.15) is 0 Å². The number of hydrogen-bond acceptors (Lipinski definition) is 3. The fourth-order valence-electron chi connectivity index (χ4n) is 1.70. The third-order valence-electron chi connectivity index (χ3n) is 2.99. The molecule has 0 aliphatic rings. The van der Waals surface area contributed by atoms with E-state index in [2.05, 4.69) is 53.8 Å². The average molecular weight is 238 g/mol. The van der Waals surface area contributed by atoms with E-state index in [0.717, 1.165) is 37.7 Å². The lowest BCUT2D eigenvalue weighted by atomic mass is 10.3. The van der Waals surface area contributed by atoms with E-state index in [1.165, 1.54) is 0 Å². The van der Waals surface area contributed by atoms with Crippen molar-refractivity contribution in [3.05, 3.63) is 11.9 Å². The number of hydrogen-bond donors (Lipinski definition) is 1. The quantitative estimate of drug-likeness (QED) is 0.791. The zero-order chi connectivity index (χ0) is 12.8. The first-order chi connectivity index (χ1) is 8.04. The van der Waals surface area contributed by atoms with Gasteiger partial charge in [0, 0.05) is 31.9 Å². The van der Waals surface area contributed by atoms with Gasteiger partial charge in [-0.25, -0.2) is 4.98 Å². The highest BCUT2D eigenvalue weighted by Crippen LogP contribution is 2.08. The standard InChI is InChI=1S/C13H26N4/c1-6-8-17-10-12(4)15-13(17)14-7-9-16(5)11(2)3/h10-11H,6-9H2,1-5H3,(H,14,15). The van der Waals surface area contributed by atoms with E-state index in [1.807, 2.05) is 6.92 Å². The van der Waals surface area contributed by atoms with Crippen LogP contribution in [0.15, 0.2) is 6.20 Å². The van der Waals surface area contributed by atoms with Crippen LogP contribution in [0.25, 0.3) is 0 Å². The topological polar surface area (TPSA) is 33.1 Å². The second kappa shape index (κ2) is 6.64. The second-order valence-electron chi connectivity index (χ2n) is 4.90. The highest BCUT2D eigenvalue weighted by atomic mass is 15.2. The van der Waals surface area contributed by atoms with Crippen LogP contribution in [0.5, 0.6) is 0 Å². The minimum absolute atomic E-state index is 0.592. The molecule has 1 heterocycles. The first-order valence-electron chi connectivity index (χ1n) is 6.52. The lowest BCUT2D eigenvalue weighted by molar-refractivity contribution is 0.284. The largest absolute Gasteiger partial charge is 0.354 e. The maximum Gasteiger partial charge on any atom is 0.203 e. The molecular formula is C13H26N4. The summed E-state index contributed by atoms with van der Waals surface area (Å²) >= 11 is 0. The van der Waals surface area contributed by atoms with Crippen LogP contribution in [-0.4, -0.2) is 40.6 Å². The molecule has 4 nitrogen and oxygen atoms in total. The molecule has 0 spiro atoms. The Morgan fingerprint density at radius 3 is 2.76 bits per heavy atom. The SMILES string of the molecule is CCCn1cc(C)nc1NCCN(C)C(C)C. The molecule has 0 atom stereocenters. The first-order valence-corrected chi connectivity index (χ1v) is 6.52. The van der Waals surface area contributed by atoms with Gasteiger partial charge < -0.3 is 14.8 Å². The number of aromatic nitrogens is 2. The number of likely N-dealkylation sites (N-methyl/N-ethyl adjacent to an activating group) is 1. The Morgan fingerprint density at radius 2 is 2.18 bits per heavy atom. The molecule has 4 heteroatoms. The summed E-state index contributed by atoms with van der Waals surface area (Å²) in [4.78, 5) is 6.83. The van der Waals surface area contributed by atoms with Gasteiger partial charge >= 0.3 is 0 Å². The van der Waals surface area contributed by atoms with Gasteiger partial charge in [0.15, 0.2) is 0 Å². The molecule has 98 valence electrons. The van der Waals surface area contributed by atoms with E-state index in [9.17, 15) is 0 Å². The van der Waals surface area contributed by atoms with E-state index >= 15 is 0 Å². The van der Waals surface area contributed by atoms with E-state index < -0.39 is 0 Å². The number of nitrogens with one attached hydrogen (secondary N) is 1. The van der Waals surface area contributed by atoms with Gasteiger partial charge in [-0.05, 0) is 34.2 Å². The molecule has 1 N–H and O–H groups in total. The Morgan fingerprint density at radius 1 is 1.47 bits per heavy atom. The second-order valence-corrected chi connectivity index (χ2v) is 4.90. The van der Waals surface area contributed by atoms with Crippen LogP contribution in [0.2, 0.25) is 0 Å². The molecule has 17 heavy (non-hydrogen) atoms. The number of nitrogens with zero attached hydrogens (tertiary/aromatic N) is 3. The van der Waals surface area contributed by atoms with Crippen LogP contribution < -0.4 is 5.32 Å². The number of anilines is 1. The summed E-state index contributed by atoms with van der Waals surface area (Å²) in [6.07, 6.45) is 3.24. The molecule has 0 amide bonds. The van der Waals surface area contributed by atoms with Crippen molar-refractivity contribution < 1.29 is 0 Å². The van der Waals surface area contributed by atoms with Crippen molar-refractivity contribution in [2.24, 2.45) is 0 Å². The maximum absolute atomic E-state index is 4.50. The molecule has 0 aliphatic heterocycles. The smallest absolute Gasteiger partial charge is 0.203 e. The third kappa shape index (κ3) is 4.38. The summed E-state index contributed by atoms with van der Waals surface area (Å²) in [5, 5.41) is 3.41. The van der Waals surface area contributed by atoms with Gasteiger partial charge in [0.2, 0.25) is 5.95 Å². The Balaban J connectivity index is 2.45. The van der Waals surface area contributed by atoms with Gasteiger partial charge in [-0.1, -0.05) is 6.92 Å². The predicted octanol–water partition coefficient (Wildman–Crippen LogP) is 2.35. The third-order valence-corrected chi connectivity index (χ3v) is 2.99. The summed E-state index contributed by atoms with van der Waals surface area (Å²) < 4.78 is 2.20. The zero-order valence-corrected chi connectivity index (χ0v) is 11.8. The molecule has 1 rings (SSSR count). The Hall–Kier alpha value is -1.03. The van der Waals surface area contributed by atoms with Gasteiger partial charge in [-0.15, -0.1) is 0 Å². The maximum atomic E-state index is 4.50. The minimum Gasteiger partial charge on any atom is -0.354 e. The number of rotatable bonds is 7. The van der Waals surface area contributed by atoms with Crippen molar-refractivity contribution >= 4 is 5.95 Å². The van der Waals surface area contributed by atoms with Gasteiger partial charge in [0.1, 0.15) is 0 Å². The molecule has 0 fully saturated rings. The molecule has 0 saturated heterocycles. The van der Waals surface area contributed by atoms with Crippen LogP contribution in [0.4, 0.5) is 5.95 Å². The molecule has 0 aromatic carbocycles. The molecule has 1 aromatic heterocycles. The first kappa shape index (κ1) is 14.0. The zero-order valence-electron chi connectivity index (χ0n) is 11.8. The van der Waals surface area contributed by atoms with Crippen molar-refractivity contribution in [1.29, 1.82) is 0 Å². The molecule has 0 bridgehead atoms. The summed E-state index contributed by atoms with van der Waals surface area (Å²) in [7, 11) is 2.15. The van der Waals surface area contributed by atoms with Crippen LogP contribution in [0, 0.1) is 6.92 Å². The number of aryl methyl sites for hydroxylation is 2. The highest BCUT2D eigenvalue weighted by Gasteiger charge is 2.06. The average Bonchev–Trinajstić information content (AvgIpc) is 2.59. The lowest BCUT2D eigenvalue weighted by Crippen LogP contribution is -2.31. The van der Waals surface area contributed by atoms with E-state index in [-0.39, 0.29) is 0 Å². The summed E-state index contributed by atoms with van der Waals surface area (Å²) in [6.45, 7) is 11.7. The Kier molecular flexibility index (Phi) is 5.48. The molecule has 0 saturated carbocycles. The van der Waals surface area contributed by atoms with E-state index in [1.54, 1.807) is 0 Å². The predicted molar refractivity (Wildman–Crippen MR) is 73.5 cm³/mol.